The number of amides is 1. The highest BCUT2D eigenvalue weighted by Gasteiger charge is 2.37. The fraction of sp³-hybridized carbons (Fsp3) is 0.222. The van der Waals surface area contributed by atoms with Crippen LogP contribution in [0.1, 0.15) is 12.5 Å². The van der Waals surface area contributed by atoms with E-state index in [1.54, 1.807) is 24.3 Å². The van der Waals surface area contributed by atoms with E-state index < -0.39 is 15.9 Å². The summed E-state index contributed by atoms with van der Waals surface area (Å²) in [5.41, 5.74) is 11.9. The van der Waals surface area contributed by atoms with Crippen LogP contribution in [-0.4, -0.2) is 51.8 Å². The molecule has 15 heteroatoms. The van der Waals surface area contributed by atoms with Crippen molar-refractivity contribution in [2.24, 2.45) is 9.98 Å². The number of sulfonamides is 1. The number of nitrogens with two attached hydrogens (primary N) is 1. The molecule has 1 aliphatic rings. The Morgan fingerprint density at radius 2 is 1.67 bits per heavy atom. The Kier molecular flexibility index (Phi) is 9.92. The molecule has 42 heavy (non-hydrogen) atoms. The van der Waals surface area contributed by atoms with Gasteiger partial charge in [0.25, 0.3) is 5.91 Å². The zero-order valence-electron chi connectivity index (χ0n) is 22.8. The molecule has 0 atom stereocenters. The second-order valence-corrected chi connectivity index (χ2v) is 12.8. The number of halogens is 4. The first-order valence-electron chi connectivity index (χ1n) is 12.6. The van der Waals surface area contributed by atoms with Gasteiger partial charge in [-0.2, -0.15) is 0 Å². The van der Waals surface area contributed by atoms with Crippen LogP contribution in [0.15, 0.2) is 58.5 Å². The van der Waals surface area contributed by atoms with Crippen LogP contribution >= 0.6 is 46.4 Å². The van der Waals surface area contributed by atoms with Gasteiger partial charge in [0.1, 0.15) is 5.69 Å². The molecule has 222 valence electrons. The molecule has 1 fully saturated rings. The van der Waals surface area contributed by atoms with E-state index in [0.717, 1.165) is 22.5 Å². The number of nitrogens with one attached hydrogen (secondary N) is 2. The number of carbonyl (C=O) groups is 1. The summed E-state index contributed by atoms with van der Waals surface area (Å²) in [5, 5.41) is 2.05. The molecule has 3 aromatic carbocycles. The smallest absolute Gasteiger partial charge is 0.299 e. The number of nitrogens with zero attached hydrogens (tertiary/aromatic N) is 4. The first-order chi connectivity index (χ1) is 19.8. The predicted molar refractivity (Wildman–Crippen MR) is 174 cm³/mol. The minimum atomic E-state index is -3.29. The van der Waals surface area contributed by atoms with Gasteiger partial charge >= 0.3 is 0 Å². The number of hydrogen-bond donors (Lipinski definition) is 3. The summed E-state index contributed by atoms with van der Waals surface area (Å²) in [6.45, 7) is 5.20. The van der Waals surface area contributed by atoms with Crippen molar-refractivity contribution in [3.63, 3.8) is 0 Å². The van der Waals surface area contributed by atoms with Gasteiger partial charge in [0.15, 0.2) is 11.5 Å². The highest BCUT2D eigenvalue weighted by atomic mass is 35.5. The van der Waals surface area contributed by atoms with E-state index in [0.29, 0.717) is 40.2 Å². The maximum Gasteiger partial charge on any atom is 0.299 e. The predicted octanol–water partition coefficient (Wildman–Crippen LogP) is 5.92. The Morgan fingerprint density at radius 3 is 2.29 bits per heavy atom. The van der Waals surface area contributed by atoms with E-state index in [9.17, 15) is 13.2 Å². The summed E-state index contributed by atoms with van der Waals surface area (Å²) in [5.74, 6) is -0.467. The zero-order valence-corrected chi connectivity index (χ0v) is 26.6. The molecular formula is C27H27Cl4N7O3S. The quantitative estimate of drug-likeness (QED) is 0.242. The lowest BCUT2D eigenvalue weighted by atomic mass is 10.1. The number of rotatable bonds is 9. The average Bonchev–Trinajstić information content (AvgIpc) is 3.18. The minimum absolute atomic E-state index is 0.0175. The molecule has 1 heterocycles. The second kappa shape index (κ2) is 13.1. The Balaban J connectivity index is 1.75. The molecule has 0 bridgehead atoms. The maximum atomic E-state index is 13.8. The molecule has 0 aromatic heterocycles. The number of likely N-dealkylation sites (N-methyl/N-ethyl adjacent to an activating group) is 1. The van der Waals surface area contributed by atoms with Gasteiger partial charge in [-0.15, -0.1) is 0 Å². The minimum Gasteiger partial charge on any atom is -0.399 e. The molecule has 1 aliphatic heterocycles. The lowest BCUT2D eigenvalue weighted by Crippen LogP contribution is -2.36. The molecular weight excluding hydrogens is 644 g/mol. The number of benzene rings is 3. The molecule has 10 nitrogen and oxygen atoms in total. The van der Waals surface area contributed by atoms with Crippen molar-refractivity contribution < 1.29 is 13.2 Å². The maximum absolute atomic E-state index is 13.8. The summed E-state index contributed by atoms with van der Waals surface area (Å²) >= 11 is 25.3. The molecule has 1 saturated heterocycles. The van der Waals surface area contributed by atoms with E-state index >= 15 is 0 Å². The number of hydrazine groups is 1. The molecule has 0 unspecified atom stereocenters. The SMILES string of the molecule is CCN(CCNS(C)(=O)=O)c1ccc(N=C2C(=O)N(c3c(Cl)cc(Cl)cc3Cl)NC2=Nc2cc(N)ccc2Cl)c(C)c1. The van der Waals surface area contributed by atoms with E-state index in [2.05, 4.69) is 20.1 Å². The Morgan fingerprint density at radius 1 is 0.976 bits per heavy atom. The molecule has 4 N–H and O–H groups in total. The fourth-order valence-electron chi connectivity index (χ4n) is 4.16. The molecule has 3 aromatic rings. The van der Waals surface area contributed by atoms with Crippen LogP contribution in [0.3, 0.4) is 0 Å². The standard InChI is InChI=1S/C27H27Cl4N7O3S/c1-4-37(10-9-33-42(3,40)41)18-6-8-22(15(2)11-18)34-24-26(35-23-14-17(32)5-7-19(23)29)36-38(27(24)39)25-20(30)12-16(28)13-21(25)31/h5-8,11-14,33H,4,9-10,32H2,1-3H3,(H,35,36). The van der Waals surface area contributed by atoms with Crippen LogP contribution in [-0.2, 0) is 14.8 Å². The summed E-state index contributed by atoms with van der Waals surface area (Å²) in [6.07, 6.45) is 1.12. The summed E-state index contributed by atoms with van der Waals surface area (Å²) in [4.78, 5) is 25.0. The highest BCUT2D eigenvalue weighted by molar-refractivity contribution is 7.88. The van der Waals surface area contributed by atoms with Crippen LogP contribution in [0.5, 0.6) is 0 Å². The third kappa shape index (κ3) is 7.47. The van der Waals surface area contributed by atoms with Crippen LogP contribution in [0.2, 0.25) is 20.1 Å². The van der Waals surface area contributed by atoms with Gasteiger partial charge in [0.05, 0.1) is 32.7 Å². The fourth-order valence-corrected chi connectivity index (χ4v) is 5.76. The monoisotopic (exact) mass is 669 g/mol. The van der Waals surface area contributed by atoms with Gasteiger partial charge in [-0.3, -0.25) is 10.2 Å². The normalized spacial score (nSPS) is 15.5. The van der Waals surface area contributed by atoms with Crippen LogP contribution in [0, 0.1) is 6.92 Å². The molecule has 0 radical (unpaired) electrons. The number of anilines is 3. The lowest BCUT2D eigenvalue weighted by molar-refractivity contribution is -0.112. The number of nitrogen functional groups attached to an aromatic ring is 1. The van der Waals surface area contributed by atoms with E-state index in [-0.39, 0.29) is 33.8 Å². The molecule has 0 saturated carbocycles. The van der Waals surface area contributed by atoms with Gasteiger partial charge in [-0.1, -0.05) is 46.4 Å². The lowest BCUT2D eigenvalue weighted by Gasteiger charge is -2.23. The number of carbonyl (C=O) groups excluding carboxylic acids is 1. The first kappa shape index (κ1) is 31.9. The van der Waals surface area contributed by atoms with Crippen molar-refractivity contribution in [3.8, 4) is 0 Å². The van der Waals surface area contributed by atoms with Gasteiger partial charge < -0.3 is 10.6 Å². The highest BCUT2D eigenvalue weighted by Crippen LogP contribution is 2.38. The van der Waals surface area contributed by atoms with Crippen LogP contribution in [0.25, 0.3) is 0 Å². The molecule has 0 spiro atoms. The van der Waals surface area contributed by atoms with Crippen molar-refractivity contribution in [1.82, 2.24) is 10.1 Å². The number of aryl methyl sites for hydroxylation is 1. The summed E-state index contributed by atoms with van der Waals surface area (Å²) in [6, 6.07) is 13.3. The van der Waals surface area contributed by atoms with Crippen molar-refractivity contribution in [2.45, 2.75) is 13.8 Å². The zero-order chi connectivity index (χ0) is 30.8. The van der Waals surface area contributed by atoms with Gasteiger partial charge in [0.2, 0.25) is 10.0 Å². The Labute approximate surface area is 264 Å². The van der Waals surface area contributed by atoms with Crippen molar-refractivity contribution >= 4 is 102 Å². The number of amidine groups is 1. The van der Waals surface area contributed by atoms with Gasteiger partial charge in [-0.25, -0.2) is 28.1 Å². The molecule has 4 rings (SSSR count). The van der Waals surface area contributed by atoms with Crippen molar-refractivity contribution in [3.05, 3.63) is 74.2 Å². The largest absolute Gasteiger partial charge is 0.399 e. The Hall–Kier alpha value is -3.06. The van der Waals surface area contributed by atoms with Crippen molar-refractivity contribution in [2.75, 3.05) is 41.5 Å². The average molecular weight is 671 g/mol. The van der Waals surface area contributed by atoms with E-state index in [1.807, 2.05) is 30.9 Å². The third-order valence-electron chi connectivity index (χ3n) is 6.16. The molecule has 1 amide bonds. The third-order valence-corrected chi connectivity index (χ3v) is 8.00. The van der Waals surface area contributed by atoms with Gasteiger partial charge in [0, 0.05) is 36.0 Å². The first-order valence-corrected chi connectivity index (χ1v) is 16.0. The van der Waals surface area contributed by atoms with Crippen LogP contribution < -0.4 is 25.8 Å². The van der Waals surface area contributed by atoms with E-state index in [1.165, 1.54) is 12.1 Å². The van der Waals surface area contributed by atoms with E-state index in [4.69, 9.17) is 52.1 Å². The molecule has 0 aliphatic carbocycles. The number of hydrogen-bond acceptors (Lipinski definition) is 7. The number of aliphatic imine (C=N–C) groups is 2. The topological polar surface area (TPSA) is 132 Å². The summed E-state index contributed by atoms with van der Waals surface area (Å²) in [7, 11) is -3.29. The summed E-state index contributed by atoms with van der Waals surface area (Å²) < 4.78 is 25.4. The van der Waals surface area contributed by atoms with Crippen molar-refractivity contribution in [1.29, 1.82) is 0 Å². The second-order valence-electron chi connectivity index (χ2n) is 9.32. The Bertz CT molecular complexity index is 1690. The van der Waals surface area contributed by atoms with Crippen LogP contribution in [0.4, 0.5) is 28.4 Å². The van der Waals surface area contributed by atoms with Gasteiger partial charge in [-0.05, 0) is 67.9 Å².